The second-order valence-corrected chi connectivity index (χ2v) is 15.7. The first-order chi connectivity index (χ1) is 15.5. The monoisotopic (exact) mass is 501 g/mol. The second kappa shape index (κ2) is 18.1. The molecule has 0 radical (unpaired) electrons. The molecule has 32 heavy (non-hydrogen) atoms. The Kier molecular flexibility index (Phi) is 16.8. The van der Waals surface area contributed by atoms with E-state index in [0.717, 1.165) is 53.4 Å². The highest BCUT2D eigenvalue weighted by Gasteiger charge is 2.20. The van der Waals surface area contributed by atoms with Crippen molar-refractivity contribution < 1.29 is 14.7 Å². The van der Waals surface area contributed by atoms with Gasteiger partial charge in [0.15, 0.2) is 0 Å². The van der Waals surface area contributed by atoms with Gasteiger partial charge in [0.25, 0.3) is 6.72 Å². The highest BCUT2D eigenvalue weighted by atomic mass is 33.2. The van der Waals surface area contributed by atoms with E-state index in [1.807, 2.05) is 17.5 Å². The van der Waals surface area contributed by atoms with Crippen molar-refractivity contribution >= 4 is 26.6 Å². The summed E-state index contributed by atoms with van der Waals surface area (Å²) >= 11 is 0. The number of hydrogen-bond donors (Lipinski definition) is 3. The summed E-state index contributed by atoms with van der Waals surface area (Å²) in [5, 5.41) is 11.2. The third kappa shape index (κ3) is 12.3. The van der Waals surface area contributed by atoms with Crippen LogP contribution in [-0.4, -0.2) is 14.7 Å². The Bertz CT molecular complexity index is 735. The Labute approximate surface area is 202 Å². The van der Waals surface area contributed by atoms with Gasteiger partial charge in [0.05, 0.1) is 0 Å². The molecular weight excluding hydrogens is 457 g/mol. The standard InChI is InChI=1S/C25H44NO3PS2/c1-3-5-7-9-11-13-15-18-23-19-17-21-25(32(31-22-26)30(27,28)29)24(23)20-16-14-12-10-8-6-4-2/h17,19,21,27-29H,3-16,18,20H2,1-2H3. The summed E-state index contributed by atoms with van der Waals surface area (Å²) in [6.07, 6.45) is 19.2. The van der Waals surface area contributed by atoms with Gasteiger partial charge in [-0.3, -0.25) is 0 Å². The van der Waals surface area contributed by atoms with Crippen LogP contribution >= 0.6 is 17.5 Å². The Morgan fingerprint density at radius 2 is 1.28 bits per heavy atom. The summed E-state index contributed by atoms with van der Waals surface area (Å²) in [7, 11) is -0.534. The number of nitrogens with zero attached hydrogens (tertiary/aromatic N) is 1. The lowest BCUT2D eigenvalue weighted by molar-refractivity contribution is 0.363. The number of thiocyanates is 1. The van der Waals surface area contributed by atoms with Crippen LogP contribution in [-0.2, 0) is 21.9 Å². The van der Waals surface area contributed by atoms with Gasteiger partial charge in [0.2, 0.25) is 0 Å². The number of aryl methyl sites for hydroxylation is 1. The molecule has 184 valence electrons. The van der Waals surface area contributed by atoms with Gasteiger partial charge in [-0.25, -0.2) is 0 Å². The van der Waals surface area contributed by atoms with Crippen molar-refractivity contribution in [1.82, 2.24) is 0 Å². The van der Waals surface area contributed by atoms with Gasteiger partial charge in [0.1, 0.15) is 5.40 Å². The quantitative estimate of drug-likeness (QED) is 0.0820. The van der Waals surface area contributed by atoms with E-state index in [1.54, 1.807) is 0 Å². The van der Waals surface area contributed by atoms with Crippen molar-refractivity contribution in [2.24, 2.45) is 0 Å². The van der Waals surface area contributed by atoms with Crippen molar-refractivity contribution in [3.8, 4) is 5.40 Å². The zero-order chi connectivity index (χ0) is 23.7. The molecule has 0 fully saturated rings. The van der Waals surface area contributed by atoms with Crippen LogP contribution in [0.15, 0.2) is 23.1 Å². The summed E-state index contributed by atoms with van der Waals surface area (Å²) < 4.78 is 0. The molecule has 0 bridgehead atoms. The Balaban J connectivity index is 2.89. The molecule has 0 heterocycles. The van der Waals surface area contributed by atoms with Crippen molar-refractivity contribution in [2.75, 3.05) is 0 Å². The van der Waals surface area contributed by atoms with Crippen LogP contribution in [0.5, 0.6) is 0 Å². The first kappa shape index (κ1) is 29.8. The van der Waals surface area contributed by atoms with Crippen molar-refractivity contribution in [3.63, 3.8) is 0 Å². The van der Waals surface area contributed by atoms with E-state index in [0.29, 0.717) is 0 Å². The topological polar surface area (TPSA) is 84.5 Å². The minimum absolute atomic E-state index is 0.754. The van der Waals surface area contributed by atoms with Crippen LogP contribution < -0.4 is 0 Å². The van der Waals surface area contributed by atoms with Crippen molar-refractivity contribution in [1.29, 1.82) is 5.26 Å². The predicted molar refractivity (Wildman–Crippen MR) is 142 cm³/mol. The largest absolute Gasteiger partial charge is 0.328 e. The molecule has 0 saturated heterocycles. The molecule has 7 heteroatoms. The van der Waals surface area contributed by atoms with Crippen LogP contribution in [0.25, 0.3) is 0 Å². The number of nitriles is 1. The molecule has 4 nitrogen and oxygen atoms in total. The summed E-state index contributed by atoms with van der Waals surface area (Å²) in [6.45, 7) is 0.317. The molecule has 0 aromatic heterocycles. The molecule has 1 unspecified atom stereocenters. The van der Waals surface area contributed by atoms with Gasteiger partial charge >= 0.3 is 0 Å². The van der Waals surface area contributed by atoms with Gasteiger partial charge < -0.3 is 14.7 Å². The van der Waals surface area contributed by atoms with E-state index in [4.69, 9.17) is 0 Å². The lowest BCUT2D eigenvalue weighted by atomic mass is 9.96. The zero-order valence-corrected chi connectivity index (χ0v) is 22.6. The Morgan fingerprint density at radius 3 is 1.78 bits per heavy atom. The molecule has 1 aromatic carbocycles. The second-order valence-electron chi connectivity index (χ2n) is 8.57. The Morgan fingerprint density at radius 1 is 0.781 bits per heavy atom. The number of unbranched alkanes of at least 4 members (excludes halogenated alkanes) is 12. The highest BCUT2D eigenvalue weighted by Crippen LogP contribution is 2.46. The molecule has 0 saturated carbocycles. The number of hydrogen-bond acceptors (Lipinski definition) is 2. The van der Waals surface area contributed by atoms with E-state index >= 15 is 0 Å². The van der Waals surface area contributed by atoms with Gasteiger partial charge in [-0.05, 0) is 52.0 Å². The average Bonchev–Trinajstić information content (AvgIpc) is 2.76. The smallest absolute Gasteiger partial charge is 0.292 e. The van der Waals surface area contributed by atoms with Gasteiger partial charge in [-0.1, -0.05) is 103 Å². The third-order valence-corrected chi connectivity index (χ3v) is 12.9. The summed E-state index contributed by atoms with van der Waals surface area (Å²) in [5.74, 6) is 0. The fourth-order valence-corrected chi connectivity index (χ4v) is 9.00. The number of benzene rings is 1. The molecule has 0 amide bonds. The van der Waals surface area contributed by atoms with Crippen LogP contribution in [0.4, 0.5) is 0 Å². The van der Waals surface area contributed by atoms with E-state index < -0.39 is 15.8 Å². The van der Waals surface area contributed by atoms with E-state index in [2.05, 4.69) is 19.9 Å². The first-order valence-corrected chi connectivity index (χ1v) is 17.3. The van der Waals surface area contributed by atoms with Crippen molar-refractivity contribution in [2.45, 2.75) is 121 Å². The fraction of sp³-hybridized carbons (Fsp3) is 0.720. The molecule has 1 atom stereocenters. The molecule has 0 aliphatic carbocycles. The Hall–Kier alpha value is -0.280. The molecule has 0 aliphatic heterocycles. The maximum atomic E-state index is 10.0. The summed E-state index contributed by atoms with van der Waals surface area (Å²) in [4.78, 5) is 30.9. The molecule has 0 spiro atoms. The van der Waals surface area contributed by atoms with Gasteiger partial charge in [-0.2, -0.15) is 5.26 Å². The first-order valence-electron chi connectivity index (χ1n) is 12.4. The molecular formula is C25H44NO3PS2. The normalized spacial score (nSPS) is 12.6. The third-order valence-electron chi connectivity index (χ3n) is 5.84. The average molecular weight is 502 g/mol. The van der Waals surface area contributed by atoms with Crippen molar-refractivity contribution in [3.05, 3.63) is 29.3 Å². The lowest BCUT2D eigenvalue weighted by Gasteiger charge is -2.19. The minimum atomic E-state index is -4.15. The fourth-order valence-electron chi connectivity index (χ4n) is 4.09. The maximum Gasteiger partial charge on any atom is 0.292 e. The molecule has 1 aromatic rings. The van der Waals surface area contributed by atoms with Gasteiger partial charge in [-0.15, -0.1) is 0 Å². The highest BCUT2D eigenvalue weighted by molar-refractivity contribution is 8.83. The zero-order valence-electron chi connectivity index (χ0n) is 20.1. The van der Waals surface area contributed by atoms with E-state index in [9.17, 15) is 19.9 Å². The van der Waals surface area contributed by atoms with Crippen LogP contribution in [0.2, 0.25) is 0 Å². The molecule has 0 aliphatic rings. The maximum absolute atomic E-state index is 10.0. The van der Waals surface area contributed by atoms with E-state index in [1.165, 1.54) is 76.2 Å². The summed E-state index contributed by atoms with van der Waals surface area (Å²) in [5.41, 5.74) is 2.37. The van der Waals surface area contributed by atoms with Crippen LogP contribution in [0.1, 0.15) is 115 Å². The lowest BCUT2D eigenvalue weighted by Crippen LogP contribution is -2.03. The van der Waals surface area contributed by atoms with Crippen LogP contribution in [0, 0.1) is 10.7 Å². The van der Waals surface area contributed by atoms with Crippen LogP contribution in [0.3, 0.4) is 0 Å². The molecule has 3 N–H and O–H groups in total. The summed E-state index contributed by atoms with van der Waals surface area (Å²) in [6, 6.07) is 5.95. The van der Waals surface area contributed by atoms with E-state index in [-0.39, 0.29) is 0 Å². The minimum Gasteiger partial charge on any atom is -0.328 e. The number of rotatable bonds is 18. The SMILES string of the molecule is CCCCCCCCCc1cccc(S(SC#N)=P(O)(O)O)c1CCCCCCCCC. The molecule has 1 rings (SSSR count). The van der Waals surface area contributed by atoms with Gasteiger partial charge in [0, 0.05) is 15.7 Å². The predicted octanol–water partition coefficient (Wildman–Crippen LogP) is 8.03.